The molecular weight excluding hydrogens is 432 g/mol. The van der Waals surface area contributed by atoms with Gasteiger partial charge in [0.1, 0.15) is 6.33 Å². The van der Waals surface area contributed by atoms with Gasteiger partial charge < -0.3 is 0 Å². The lowest BCUT2D eigenvalue weighted by Crippen LogP contribution is -2.27. The standard InChI is InChI=1S/C18H15BrN4O3S/c1-3-27(25,26)17-5-4-12(9-20)7-16(17)22-23-10-21-15-6-11(2)14(19)8-13(15)18(23)24/h4-8,10,22H,3H2,1-2H3. The molecule has 0 bridgehead atoms. The highest BCUT2D eigenvalue weighted by atomic mass is 79.9. The molecule has 0 aliphatic carbocycles. The van der Waals surface area contributed by atoms with Crippen LogP contribution in [0.2, 0.25) is 0 Å². The minimum atomic E-state index is -3.56. The predicted octanol–water partition coefficient (Wildman–Crippen LogP) is 3.01. The van der Waals surface area contributed by atoms with Crippen LogP contribution in [-0.4, -0.2) is 23.8 Å². The van der Waals surface area contributed by atoms with Crippen LogP contribution in [0.25, 0.3) is 10.9 Å². The van der Waals surface area contributed by atoms with E-state index >= 15 is 0 Å². The summed E-state index contributed by atoms with van der Waals surface area (Å²) in [6.07, 6.45) is 1.29. The molecule has 3 rings (SSSR count). The van der Waals surface area contributed by atoms with E-state index in [1.807, 2.05) is 13.0 Å². The molecule has 0 spiro atoms. The van der Waals surface area contributed by atoms with Crippen LogP contribution >= 0.6 is 15.9 Å². The molecule has 0 saturated carbocycles. The monoisotopic (exact) mass is 446 g/mol. The van der Waals surface area contributed by atoms with Crippen molar-refractivity contribution in [3.8, 4) is 6.07 Å². The summed E-state index contributed by atoms with van der Waals surface area (Å²) in [5.74, 6) is -0.106. The molecule has 0 saturated heterocycles. The van der Waals surface area contributed by atoms with Crippen LogP contribution in [0.15, 0.2) is 50.8 Å². The first kappa shape index (κ1) is 19.1. The molecule has 0 aliphatic heterocycles. The van der Waals surface area contributed by atoms with Crippen molar-refractivity contribution in [2.24, 2.45) is 0 Å². The number of nitrogens with zero attached hydrogens (tertiary/aromatic N) is 3. The Bertz CT molecular complexity index is 1260. The van der Waals surface area contributed by atoms with E-state index in [0.717, 1.165) is 14.7 Å². The minimum absolute atomic E-state index is 0.0149. The fourth-order valence-electron chi connectivity index (χ4n) is 2.57. The predicted molar refractivity (Wildman–Crippen MR) is 106 cm³/mol. The summed E-state index contributed by atoms with van der Waals surface area (Å²) < 4.78 is 26.6. The number of halogens is 1. The molecule has 0 fully saturated rings. The summed E-state index contributed by atoms with van der Waals surface area (Å²) in [7, 11) is -3.56. The lowest BCUT2D eigenvalue weighted by Gasteiger charge is -2.14. The van der Waals surface area contributed by atoms with E-state index in [-0.39, 0.29) is 27.5 Å². The number of aromatic nitrogens is 2. The molecule has 7 nitrogen and oxygen atoms in total. The topological polar surface area (TPSA) is 105 Å². The number of fused-ring (bicyclic) bond motifs is 1. The van der Waals surface area contributed by atoms with E-state index in [4.69, 9.17) is 5.26 Å². The van der Waals surface area contributed by atoms with Crippen molar-refractivity contribution in [1.82, 2.24) is 9.66 Å². The minimum Gasteiger partial charge on any atom is -0.289 e. The third-order valence-electron chi connectivity index (χ3n) is 4.10. The number of sulfone groups is 1. The fraction of sp³-hybridized carbons (Fsp3) is 0.167. The quantitative estimate of drug-likeness (QED) is 0.660. The van der Waals surface area contributed by atoms with Crippen LogP contribution in [0.1, 0.15) is 18.1 Å². The number of anilines is 1. The third-order valence-corrected chi connectivity index (χ3v) is 6.74. The average molecular weight is 447 g/mol. The Morgan fingerprint density at radius 2 is 2.04 bits per heavy atom. The summed E-state index contributed by atoms with van der Waals surface area (Å²) in [6.45, 7) is 3.42. The largest absolute Gasteiger partial charge is 0.289 e. The molecule has 1 N–H and O–H groups in total. The molecule has 1 aromatic heterocycles. The van der Waals surface area contributed by atoms with Crippen molar-refractivity contribution >= 4 is 42.4 Å². The van der Waals surface area contributed by atoms with E-state index in [2.05, 4.69) is 26.3 Å². The summed E-state index contributed by atoms with van der Waals surface area (Å²) in [4.78, 5) is 17.1. The first-order valence-corrected chi connectivity index (χ1v) is 10.4. The highest BCUT2D eigenvalue weighted by molar-refractivity contribution is 9.10. The van der Waals surface area contributed by atoms with Crippen LogP contribution in [-0.2, 0) is 9.84 Å². The van der Waals surface area contributed by atoms with Gasteiger partial charge in [-0.15, -0.1) is 0 Å². The third kappa shape index (κ3) is 3.59. The first-order chi connectivity index (χ1) is 12.8. The van der Waals surface area contributed by atoms with Crippen LogP contribution in [0, 0.1) is 18.3 Å². The van der Waals surface area contributed by atoms with E-state index in [0.29, 0.717) is 10.9 Å². The van der Waals surface area contributed by atoms with Crippen LogP contribution in [0.3, 0.4) is 0 Å². The Hall–Kier alpha value is -2.70. The Labute approximate surface area is 164 Å². The molecule has 1 heterocycles. The molecular formula is C18H15BrN4O3S. The van der Waals surface area contributed by atoms with Crippen molar-refractivity contribution in [1.29, 1.82) is 5.26 Å². The molecule has 0 amide bonds. The number of aryl methyl sites for hydroxylation is 1. The zero-order valence-corrected chi connectivity index (χ0v) is 16.9. The normalized spacial score (nSPS) is 11.3. The number of hydrogen-bond donors (Lipinski definition) is 1. The van der Waals surface area contributed by atoms with Gasteiger partial charge in [-0.25, -0.2) is 18.1 Å². The van der Waals surface area contributed by atoms with Crippen LogP contribution in [0.5, 0.6) is 0 Å². The van der Waals surface area contributed by atoms with Crippen LogP contribution < -0.4 is 11.0 Å². The summed E-state index contributed by atoms with van der Waals surface area (Å²) in [5, 5.41) is 9.49. The van der Waals surface area contributed by atoms with Gasteiger partial charge in [0.05, 0.1) is 38.9 Å². The van der Waals surface area contributed by atoms with Gasteiger partial charge in [-0.05, 0) is 42.8 Å². The number of nitriles is 1. The maximum absolute atomic E-state index is 12.8. The number of rotatable bonds is 4. The molecule has 0 atom stereocenters. The number of benzene rings is 2. The highest BCUT2D eigenvalue weighted by Gasteiger charge is 2.18. The highest BCUT2D eigenvalue weighted by Crippen LogP contribution is 2.24. The summed E-state index contributed by atoms with van der Waals surface area (Å²) in [6, 6.07) is 9.60. The van der Waals surface area contributed by atoms with Gasteiger partial charge in [-0.1, -0.05) is 22.9 Å². The van der Waals surface area contributed by atoms with Gasteiger partial charge >= 0.3 is 0 Å². The van der Waals surface area contributed by atoms with E-state index in [1.165, 1.54) is 31.5 Å². The average Bonchev–Trinajstić information content (AvgIpc) is 2.65. The van der Waals surface area contributed by atoms with Crippen LogP contribution in [0.4, 0.5) is 5.69 Å². The zero-order chi connectivity index (χ0) is 19.8. The Balaban J connectivity index is 2.18. The van der Waals surface area contributed by atoms with Crippen molar-refractivity contribution in [3.63, 3.8) is 0 Å². The maximum Gasteiger partial charge on any atom is 0.280 e. The molecule has 0 unspecified atom stereocenters. The molecule has 9 heteroatoms. The van der Waals surface area contributed by atoms with Gasteiger partial charge in [0.2, 0.25) is 0 Å². The maximum atomic E-state index is 12.8. The summed E-state index contributed by atoms with van der Waals surface area (Å²) >= 11 is 3.40. The smallest absolute Gasteiger partial charge is 0.280 e. The number of nitrogens with one attached hydrogen (secondary N) is 1. The second-order valence-electron chi connectivity index (χ2n) is 5.88. The van der Waals surface area contributed by atoms with E-state index in [1.54, 1.807) is 12.1 Å². The molecule has 2 aromatic carbocycles. The van der Waals surface area contributed by atoms with Crippen molar-refractivity contribution in [3.05, 3.63) is 62.6 Å². The number of hydrogen-bond acceptors (Lipinski definition) is 6. The van der Waals surface area contributed by atoms with Crippen molar-refractivity contribution in [2.45, 2.75) is 18.7 Å². The molecule has 0 radical (unpaired) electrons. The second kappa shape index (κ2) is 7.13. The Morgan fingerprint density at radius 1 is 1.30 bits per heavy atom. The molecule has 138 valence electrons. The lowest BCUT2D eigenvalue weighted by molar-refractivity contribution is 0.597. The van der Waals surface area contributed by atoms with Gasteiger partial charge in [0.15, 0.2) is 9.84 Å². The summed E-state index contributed by atoms with van der Waals surface area (Å²) in [5.41, 5.74) is 4.28. The van der Waals surface area contributed by atoms with E-state index < -0.39 is 9.84 Å². The molecule has 3 aromatic rings. The van der Waals surface area contributed by atoms with E-state index in [9.17, 15) is 13.2 Å². The lowest BCUT2D eigenvalue weighted by atomic mass is 10.2. The zero-order valence-electron chi connectivity index (χ0n) is 14.5. The van der Waals surface area contributed by atoms with Gasteiger partial charge in [-0.2, -0.15) is 5.26 Å². The van der Waals surface area contributed by atoms with Crippen molar-refractivity contribution < 1.29 is 8.42 Å². The van der Waals surface area contributed by atoms with Gasteiger partial charge in [-0.3, -0.25) is 10.2 Å². The molecule has 0 aliphatic rings. The molecule has 27 heavy (non-hydrogen) atoms. The Kier molecular flexibility index (Phi) is 5.04. The van der Waals surface area contributed by atoms with Gasteiger partial charge in [0, 0.05) is 4.47 Å². The second-order valence-corrected chi connectivity index (χ2v) is 8.98. The van der Waals surface area contributed by atoms with Crippen molar-refractivity contribution in [2.75, 3.05) is 11.2 Å². The first-order valence-electron chi connectivity index (χ1n) is 7.98. The van der Waals surface area contributed by atoms with Gasteiger partial charge in [0.25, 0.3) is 5.56 Å². The Morgan fingerprint density at radius 3 is 2.70 bits per heavy atom. The fourth-order valence-corrected chi connectivity index (χ4v) is 3.94. The SMILES string of the molecule is CCS(=O)(=O)c1ccc(C#N)cc1Nn1cnc2cc(C)c(Br)cc2c1=O.